The van der Waals surface area contributed by atoms with E-state index in [1.54, 1.807) is 12.4 Å². The van der Waals surface area contributed by atoms with Gasteiger partial charge in [-0.3, -0.25) is 9.89 Å². The Morgan fingerprint density at radius 1 is 0.951 bits per heavy atom. The highest BCUT2D eigenvalue weighted by Crippen LogP contribution is 2.29. The molecule has 9 heteroatoms. The lowest BCUT2D eigenvalue weighted by Gasteiger charge is -2.41. The second-order valence-electron chi connectivity index (χ2n) is 11.7. The van der Waals surface area contributed by atoms with Gasteiger partial charge in [-0.1, -0.05) is 12.1 Å². The lowest BCUT2D eigenvalue weighted by molar-refractivity contribution is 0.0765. The van der Waals surface area contributed by atoms with Crippen LogP contribution in [0.2, 0.25) is 0 Å². The Hall–Kier alpha value is -4.08. The van der Waals surface area contributed by atoms with E-state index in [-0.39, 0.29) is 5.78 Å². The van der Waals surface area contributed by atoms with Gasteiger partial charge >= 0.3 is 0 Å². The molecule has 0 radical (unpaired) electrons. The predicted molar refractivity (Wildman–Crippen MR) is 162 cm³/mol. The van der Waals surface area contributed by atoms with Crippen molar-refractivity contribution in [2.45, 2.75) is 38.1 Å². The van der Waals surface area contributed by atoms with Crippen LogP contribution in [0.5, 0.6) is 0 Å². The number of carbonyl (C=O) groups is 1. The molecule has 3 aromatic heterocycles. The summed E-state index contributed by atoms with van der Waals surface area (Å²) in [6, 6.07) is 16.7. The van der Waals surface area contributed by atoms with Crippen LogP contribution in [0.1, 0.15) is 42.6 Å². The Bertz CT molecular complexity index is 1670. The Morgan fingerprint density at radius 3 is 2.66 bits per heavy atom. The first kappa shape index (κ1) is 25.9. The molecule has 0 amide bonds. The number of piperidine rings is 2. The Labute approximate surface area is 239 Å². The van der Waals surface area contributed by atoms with Gasteiger partial charge in [0.2, 0.25) is 0 Å². The van der Waals surface area contributed by atoms with Gasteiger partial charge < -0.3 is 20.1 Å². The number of hydrogen-bond donors (Lipinski definition) is 3. The average Bonchev–Trinajstić information content (AvgIpc) is 3.65. The van der Waals surface area contributed by atoms with E-state index in [2.05, 4.69) is 42.3 Å². The molecule has 0 spiro atoms. The molecule has 5 heterocycles. The number of rotatable bonds is 7. The van der Waals surface area contributed by atoms with Gasteiger partial charge in [0.15, 0.2) is 11.6 Å². The molecule has 0 bridgehead atoms. The summed E-state index contributed by atoms with van der Waals surface area (Å²) in [6.07, 6.45) is 8.93. The number of carbonyl (C=O) groups excluding carboxylic acids is 1. The van der Waals surface area contributed by atoms with Crippen molar-refractivity contribution in [3.05, 3.63) is 66.6 Å². The lowest BCUT2D eigenvalue weighted by Crippen LogP contribution is -2.47. The zero-order chi connectivity index (χ0) is 27.8. The number of nitrogens with zero attached hydrogens (tertiary/aromatic N) is 5. The van der Waals surface area contributed by atoms with Crippen LogP contribution in [-0.2, 0) is 0 Å². The maximum Gasteiger partial charge on any atom is 0.179 e. The molecule has 0 atom stereocenters. The fourth-order valence-corrected chi connectivity index (χ4v) is 6.41. The summed E-state index contributed by atoms with van der Waals surface area (Å²) in [6.45, 7) is 4.63. The number of likely N-dealkylation sites (tertiary alicyclic amines) is 2. The standard InChI is InChI=1S/C32H36N8O/c1-39-12-9-26(10-13-39)40-14-7-21(8-15-40)16-30(41)29-18-22-2-3-23(19-28(22)36-29)32-33-11-6-31(37-32)35-25-4-5-27-24(17-25)20-34-38-27/h2-6,11,17-21,26,36H,7-10,12-16H2,1H3,(H,34,38)(H,33,35,37). The van der Waals surface area contributed by atoms with Crippen LogP contribution >= 0.6 is 0 Å². The zero-order valence-electron chi connectivity index (χ0n) is 23.4. The molecule has 2 saturated heterocycles. The molecule has 2 aliphatic rings. The van der Waals surface area contributed by atoms with Crippen LogP contribution in [0.25, 0.3) is 33.2 Å². The summed E-state index contributed by atoms with van der Waals surface area (Å²) in [5.74, 6) is 2.00. The van der Waals surface area contributed by atoms with E-state index in [9.17, 15) is 4.79 Å². The van der Waals surface area contributed by atoms with Crippen LogP contribution in [0, 0.1) is 5.92 Å². The van der Waals surface area contributed by atoms with Crippen molar-refractivity contribution in [3.63, 3.8) is 0 Å². The highest BCUT2D eigenvalue weighted by molar-refractivity contribution is 6.00. The van der Waals surface area contributed by atoms with Gasteiger partial charge in [0.25, 0.3) is 0 Å². The van der Waals surface area contributed by atoms with E-state index >= 15 is 0 Å². The molecular weight excluding hydrogens is 512 g/mol. The van der Waals surface area contributed by atoms with E-state index in [0.717, 1.165) is 65.0 Å². The minimum Gasteiger partial charge on any atom is -0.352 e. The number of Topliss-reactive ketones (excluding diaryl/α,β-unsaturated/α-hetero) is 1. The SMILES string of the molecule is CN1CCC(N2CCC(CC(=O)c3cc4ccc(-c5nccc(Nc6ccc7[nH]ncc7c6)n5)cc4[nH]3)CC2)CC1. The lowest BCUT2D eigenvalue weighted by atomic mass is 9.89. The minimum absolute atomic E-state index is 0.206. The molecule has 3 N–H and O–H groups in total. The summed E-state index contributed by atoms with van der Waals surface area (Å²) in [5.41, 5.74) is 4.44. The van der Waals surface area contributed by atoms with Crippen molar-refractivity contribution >= 4 is 39.1 Å². The smallest absolute Gasteiger partial charge is 0.179 e. The third-order valence-corrected chi connectivity index (χ3v) is 8.88. The highest BCUT2D eigenvalue weighted by Gasteiger charge is 2.28. The Morgan fingerprint density at radius 2 is 1.80 bits per heavy atom. The van der Waals surface area contributed by atoms with E-state index in [1.165, 1.54) is 25.9 Å². The third kappa shape index (κ3) is 5.60. The van der Waals surface area contributed by atoms with Crippen LogP contribution in [0.4, 0.5) is 11.5 Å². The maximum absolute atomic E-state index is 13.3. The van der Waals surface area contributed by atoms with Crippen molar-refractivity contribution in [3.8, 4) is 11.4 Å². The molecular formula is C32H36N8O. The van der Waals surface area contributed by atoms with Crippen LogP contribution in [0.3, 0.4) is 0 Å². The molecule has 210 valence electrons. The second kappa shape index (κ2) is 11.1. The summed E-state index contributed by atoms with van der Waals surface area (Å²) in [4.78, 5) is 31.0. The molecule has 7 rings (SSSR count). The van der Waals surface area contributed by atoms with Gasteiger partial charge in [-0.05, 0) is 101 Å². The molecule has 0 saturated carbocycles. The molecule has 41 heavy (non-hydrogen) atoms. The largest absolute Gasteiger partial charge is 0.352 e. The predicted octanol–water partition coefficient (Wildman–Crippen LogP) is 5.62. The first-order chi connectivity index (χ1) is 20.1. The van der Waals surface area contributed by atoms with E-state index in [0.29, 0.717) is 29.7 Å². The summed E-state index contributed by atoms with van der Waals surface area (Å²) in [5, 5.41) is 12.5. The Kier molecular flexibility index (Phi) is 6.98. The van der Waals surface area contributed by atoms with Crippen molar-refractivity contribution in [1.29, 1.82) is 0 Å². The van der Waals surface area contributed by atoms with Crippen molar-refractivity contribution in [2.75, 3.05) is 38.5 Å². The molecule has 0 unspecified atom stereocenters. The van der Waals surface area contributed by atoms with Gasteiger partial charge in [-0.25, -0.2) is 9.97 Å². The summed E-state index contributed by atoms with van der Waals surface area (Å²) in [7, 11) is 2.22. The van der Waals surface area contributed by atoms with E-state index < -0.39 is 0 Å². The van der Waals surface area contributed by atoms with Gasteiger partial charge in [0, 0.05) is 46.2 Å². The summed E-state index contributed by atoms with van der Waals surface area (Å²) < 4.78 is 0. The number of benzene rings is 2. The van der Waals surface area contributed by atoms with Crippen molar-refractivity contribution in [1.82, 2.24) is 34.9 Å². The third-order valence-electron chi connectivity index (χ3n) is 8.88. The zero-order valence-corrected chi connectivity index (χ0v) is 23.4. The fraction of sp³-hybridized carbons (Fsp3) is 0.375. The molecule has 2 aromatic carbocycles. The number of aromatic nitrogens is 5. The average molecular weight is 549 g/mol. The number of anilines is 2. The number of H-pyrrole nitrogens is 2. The van der Waals surface area contributed by atoms with Gasteiger partial charge in [0.05, 0.1) is 17.4 Å². The van der Waals surface area contributed by atoms with E-state index in [4.69, 9.17) is 4.98 Å². The highest BCUT2D eigenvalue weighted by atomic mass is 16.1. The van der Waals surface area contributed by atoms with E-state index in [1.807, 2.05) is 48.5 Å². The first-order valence-corrected chi connectivity index (χ1v) is 14.7. The molecule has 2 fully saturated rings. The first-order valence-electron chi connectivity index (χ1n) is 14.7. The molecule has 0 aliphatic carbocycles. The molecule has 2 aliphatic heterocycles. The van der Waals surface area contributed by atoms with Gasteiger partial charge in [-0.2, -0.15) is 5.10 Å². The van der Waals surface area contributed by atoms with Gasteiger partial charge in [-0.15, -0.1) is 0 Å². The maximum atomic E-state index is 13.3. The number of hydrogen-bond acceptors (Lipinski definition) is 7. The van der Waals surface area contributed by atoms with Crippen LogP contribution in [0.15, 0.2) is 60.9 Å². The second-order valence-corrected chi connectivity index (χ2v) is 11.7. The number of fused-ring (bicyclic) bond motifs is 2. The molecule has 9 nitrogen and oxygen atoms in total. The summed E-state index contributed by atoms with van der Waals surface area (Å²) >= 11 is 0. The molecule has 5 aromatic rings. The Balaban J connectivity index is 1.00. The number of nitrogens with one attached hydrogen (secondary N) is 3. The monoisotopic (exact) mass is 548 g/mol. The minimum atomic E-state index is 0.206. The number of ketones is 1. The number of aromatic amines is 2. The van der Waals surface area contributed by atoms with Crippen LogP contribution < -0.4 is 5.32 Å². The fourth-order valence-electron chi connectivity index (χ4n) is 6.41. The van der Waals surface area contributed by atoms with Crippen molar-refractivity contribution in [2.24, 2.45) is 5.92 Å². The normalized spacial score (nSPS) is 17.9. The quantitative estimate of drug-likeness (QED) is 0.227. The van der Waals surface area contributed by atoms with Gasteiger partial charge in [0.1, 0.15) is 5.82 Å². The topological polar surface area (TPSA) is 106 Å². The van der Waals surface area contributed by atoms with Crippen molar-refractivity contribution < 1.29 is 4.79 Å². The van der Waals surface area contributed by atoms with Crippen LogP contribution in [-0.4, -0.2) is 80.0 Å².